The lowest BCUT2D eigenvalue weighted by molar-refractivity contribution is 0.0178. The van der Waals surface area contributed by atoms with Crippen LogP contribution in [0.2, 0.25) is 0 Å². The summed E-state index contributed by atoms with van der Waals surface area (Å²) in [5, 5.41) is 0. The number of ether oxygens (including phenoxy) is 1. The first-order valence-electron chi connectivity index (χ1n) is 4.25. The first kappa shape index (κ1) is 9.14. The number of nitrogens with one attached hydrogen (secondary N) is 1. The Morgan fingerprint density at radius 1 is 1.57 bits per heavy atom. The molecule has 1 aliphatic rings. The molecule has 2 rings (SSSR count). The molecule has 0 amide bonds. The van der Waals surface area contributed by atoms with Gasteiger partial charge in [0.25, 0.3) is 5.56 Å². The van der Waals surface area contributed by atoms with Gasteiger partial charge in [0.05, 0.1) is 6.61 Å². The number of nitrogens with zero attached hydrogens (tertiary/aromatic N) is 1. The highest BCUT2D eigenvalue weighted by molar-refractivity contribution is 4.87. The van der Waals surface area contributed by atoms with Crippen LogP contribution in [-0.2, 0) is 4.74 Å². The first-order chi connectivity index (χ1) is 6.68. The van der Waals surface area contributed by atoms with Crippen molar-refractivity contribution in [2.75, 3.05) is 6.61 Å². The Balaban J connectivity index is 2.41. The topological polar surface area (TPSA) is 64.1 Å². The second-order valence-electron chi connectivity index (χ2n) is 3.08. The molecule has 76 valence electrons. The summed E-state index contributed by atoms with van der Waals surface area (Å²) in [6, 6.07) is 1.16. The Morgan fingerprint density at radius 2 is 2.36 bits per heavy atom. The molecular weight excluding hydrogens is 191 g/mol. The summed E-state index contributed by atoms with van der Waals surface area (Å²) in [7, 11) is 0. The highest BCUT2D eigenvalue weighted by Gasteiger charge is 2.30. The van der Waals surface area contributed by atoms with E-state index in [0.29, 0.717) is 0 Å². The zero-order chi connectivity index (χ0) is 10.1. The Hall–Kier alpha value is -1.43. The third-order valence-corrected chi connectivity index (χ3v) is 2.12. The number of hydrogen-bond donors (Lipinski definition) is 1. The predicted octanol–water partition coefficient (Wildman–Crippen LogP) is -0.206. The van der Waals surface area contributed by atoms with E-state index in [2.05, 4.69) is 0 Å². The highest BCUT2D eigenvalue weighted by Crippen LogP contribution is 2.24. The lowest BCUT2D eigenvalue weighted by Crippen LogP contribution is -2.33. The van der Waals surface area contributed by atoms with E-state index in [-0.39, 0.29) is 13.0 Å². The zero-order valence-corrected chi connectivity index (χ0v) is 7.27. The second kappa shape index (κ2) is 3.38. The summed E-state index contributed by atoms with van der Waals surface area (Å²) < 4.78 is 19.3. The van der Waals surface area contributed by atoms with Crippen LogP contribution in [-0.4, -0.2) is 22.3 Å². The highest BCUT2D eigenvalue weighted by atomic mass is 19.1. The van der Waals surface area contributed by atoms with Crippen LogP contribution in [0, 0.1) is 0 Å². The van der Waals surface area contributed by atoms with Gasteiger partial charge in [0.1, 0.15) is 6.17 Å². The lowest BCUT2D eigenvalue weighted by atomic mass is 10.3. The van der Waals surface area contributed by atoms with Crippen molar-refractivity contribution in [1.82, 2.24) is 9.55 Å². The minimum atomic E-state index is -1.20. The van der Waals surface area contributed by atoms with Crippen LogP contribution in [0.5, 0.6) is 0 Å². The van der Waals surface area contributed by atoms with Gasteiger partial charge in [-0.2, -0.15) is 0 Å². The molecule has 0 aliphatic carbocycles. The number of aromatic nitrogens is 2. The van der Waals surface area contributed by atoms with Gasteiger partial charge in [0.2, 0.25) is 0 Å². The van der Waals surface area contributed by atoms with Crippen molar-refractivity contribution in [3.05, 3.63) is 33.1 Å². The number of H-pyrrole nitrogens is 1. The summed E-state index contributed by atoms with van der Waals surface area (Å²) in [6.45, 7) is 0.289. The van der Waals surface area contributed by atoms with Crippen LogP contribution in [0.15, 0.2) is 21.9 Å². The lowest BCUT2D eigenvalue weighted by Gasteiger charge is -2.14. The third kappa shape index (κ3) is 1.48. The van der Waals surface area contributed by atoms with Crippen molar-refractivity contribution in [3.63, 3.8) is 0 Å². The standard InChI is InChI=1S/C8H9FN2O3/c9-5-2-4-14-7(5)11-3-1-6(12)10-8(11)13/h1,3,5,7H,2,4H2,(H,10,12,13). The van der Waals surface area contributed by atoms with E-state index in [0.717, 1.165) is 10.6 Å². The van der Waals surface area contributed by atoms with Gasteiger partial charge in [0.15, 0.2) is 6.23 Å². The summed E-state index contributed by atoms with van der Waals surface area (Å²) in [5.74, 6) is 0. The van der Waals surface area contributed by atoms with Crippen molar-refractivity contribution in [3.8, 4) is 0 Å². The molecule has 1 fully saturated rings. The summed E-state index contributed by atoms with van der Waals surface area (Å²) >= 11 is 0. The molecule has 1 aromatic rings. The van der Waals surface area contributed by atoms with E-state index in [4.69, 9.17) is 4.74 Å². The minimum absolute atomic E-state index is 0.274. The number of alkyl halides is 1. The van der Waals surface area contributed by atoms with E-state index < -0.39 is 23.6 Å². The Kier molecular flexibility index (Phi) is 2.20. The van der Waals surface area contributed by atoms with Gasteiger partial charge in [0, 0.05) is 18.7 Å². The fourth-order valence-electron chi connectivity index (χ4n) is 1.43. The molecule has 0 radical (unpaired) electrons. The number of rotatable bonds is 1. The van der Waals surface area contributed by atoms with Gasteiger partial charge < -0.3 is 4.74 Å². The molecule has 2 unspecified atom stereocenters. The molecule has 2 heterocycles. The fourth-order valence-corrected chi connectivity index (χ4v) is 1.43. The van der Waals surface area contributed by atoms with Crippen molar-refractivity contribution < 1.29 is 9.13 Å². The van der Waals surface area contributed by atoms with Crippen LogP contribution in [0.1, 0.15) is 12.6 Å². The average Bonchev–Trinajstić information content (AvgIpc) is 2.52. The molecule has 14 heavy (non-hydrogen) atoms. The van der Waals surface area contributed by atoms with Crippen LogP contribution >= 0.6 is 0 Å². The van der Waals surface area contributed by atoms with Gasteiger partial charge >= 0.3 is 5.69 Å². The summed E-state index contributed by atoms with van der Waals surface area (Å²) in [6.07, 6.45) is -0.585. The van der Waals surface area contributed by atoms with Crippen LogP contribution < -0.4 is 11.2 Å². The van der Waals surface area contributed by atoms with E-state index in [1.807, 2.05) is 4.98 Å². The number of hydrogen-bond acceptors (Lipinski definition) is 3. The fraction of sp³-hybridized carbons (Fsp3) is 0.500. The Morgan fingerprint density at radius 3 is 2.93 bits per heavy atom. The molecule has 1 aromatic heterocycles. The minimum Gasteiger partial charge on any atom is -0.355 e. The molecule has 0 spiro atoms. The quantitative estimate of drug-likeness (QED) is 0.682. The van der Waals surface area contributed by atoms with Crippen LogP contribution in [0.3, 0.4) is 0 Å². The number of halogens is 1. The van der Waals surface area contributed by atoms with Crippen molar-refractivity contribution in [1.29, 1.82) is 0 Å². The molecule has 0 aromatic carbocycles. The van der Waals surface area contributed by atoms with E-state index >= 15 is 0 Å². The van der Waals surface area contributed by atoms with Gasteiger partial charge in [-0.3, -0.25) is 14.3 Å². The van der Waals surface area contributed by atoms with Gasteiger partial charge in [-0.25, -0.2) is 9.18 Å². The summed E-state index contributed by atoms with van der Waals surface area (Å²) in [4.78, 5) is 24.0. The SMILES string of the molecule is O=c1ccn(C2OCCC2F)c(=O)[nH]1. The Bertz CT molecular complexity index is 439. The zero-order valence-electron chi connectivity index (χ0n) is 7.27. The summed E-state index contributed by atoms with van der Waals surface area (Å²) in [5.41, 5.74) is -1.15. The molecule has 5 nitrogen and oxygen atoms in total. The Labute approximate surface area is 78.1 Å². The first-order valence-corrected chi connectivity index (χ1v) is 4.25. The van der Waals surface area contributed by atoms with E-state index in [9.17, 15) is 14.0 Å². The van der Waals surface area contributed by atoms with Crippen LogP contribution in [0.4, 0.5) is 4.39 Å². The maximum Gasteiger partial charge on any atom is 0.330 e. The molecule has 1 saturated heterocycles. The second-order valence-corrected chi connectivity index (χ2v) is 3.08. The monoisotopic (exact) mass is 200 g/mol. The molecule has 0 bridgehead atoms. The van der Waals surface area contributed by atoms with Gasteiger partial charge in [-0.05, 0) is 0 Å². The predicted molar refractivity (Wildman–Crippen MR) is 45.8 cm³/mol. The molecule has 1 N–H and O–H groups in total. The molecule has 2 atom stereocenters. The smallest absolute Gasteiger partial charge is 0.330 e. The normalized spacial score (nSPS) is 26.6. The van der Waals surface area contributed by atoms with Gasteiger partial charge in [-0.15, -0.1) is 0 Å². The molecule has 6 heteroatoms. The molecular formula is C8H9FN2O3. The van der Waals surface area contributed by atoms with Crippen molar-refractivity contribution in [2.45, 2.75) is 18.8 Å². The van der Waals surface area contributed by atoms with E-state index in [1.165, 1.54) is 6.20 Å². The molecule has 0 saturated carbocycles. The third-order valence-electron chi connectivity index (χ3n) is 2.12. The largest absolute Gasteiger partial charge is 0.355 e. The average molecular weight is 200 g/mol. The molecule has 1 aliphatic heterocycles. The van der Waals surface area contributed by atoms with Crippen molar-refractivity contribution in [2.24, 2.45) is 0 Å². The van der Waals surface area contributed by atoms with E-state index in [1.54, 1.807) is 0 Å². The maximum absolute atomic E-state index is 13.2. The van der Waals surface area contributed by atoms with Crippen LogP contribution in [0.25, 0.3) is 0 Å². The van der Waals surface area contributed by atoms with Gasteiger partial charge in [-0.1, -0.05) is 0 Å². The maximum atomic E-state index is 13.2. The number of aromatic amines is 1. The van der Waals surface area contributed by atoms with Crippen molar-refractivity contribution >= 4 is 0 Å².